The highest BCUT2D eigenvalue weighted by Crippen LogP contribution is 1.86. The van der Waals surface area contributed by atoms with Crippen molar-refractivity contribution in [2.75, 3.05) is 7.11 Å². The van der Waals surface area contributed by atoms with Crippen LogP contribution in [0, 0.1) is 0 Å². The fraction of sp³-hybridized carbons (Fsp3) is 0.750. The number of carboxylic acid groups (broad SMARTS) is 1. The predicted octanol–water partition coefficient (Wildman–Crippen LogP) is 1.61. The van der Waals surface area contributed by atoms with Gasteiger partial charge in [-0.05, 0) is 6.42 Å². The van der Waals surface area contributed by atoms with Crippen molar-refractivity contribution in [1.29, 1.82) is 0 Å². The number of hydrogen-bond acceptors (Lipinski definition) is 3. The molecule has 0 bridgehead atoms. The number of carbonyl (C=O) groups is 2. The number of amides is 1. The smallest absolute Gasteiger partial charge is 0.402 e. The number of carbonyl (C=O) groups excluding carboxylic acids is 1. The van der Waals surface area contributed by atoms with Gasteiger partial charge >= 0.3 is 12.1 Å². The van der Waals surface area contributed by atoms with E-state index < -0.39 is 6.09 Å². The number of esters is 1. The van der Waals surface area contributed by atoms with Gasteiger partial charge in [-0.2, -0.15) is 0 Å². The van der Waals surface area contributed by atoms with E-state index in [2.05, 4.69) is 10.5 Å². The molecule has 0 fully saturated rings. The van der Waals surface area contributed by atoms with Crippen LogP contribution in [0.15, 0.2) is 0 Å². The van der Waals surface area contributed by atoms with Crippen LogP contribution in [-0.4, -0.2) is 24.3 Å². The van der Waals surface area contributed by atoms with E-state index in [1.54, 1.807) is 0 Å². The lowest BCUT2D eigenvalue weighted by molar-refractivity contribution is -0.140. The summed E-state index contributed by atoms with van der Waals surface area (Å²) >= 11 is 0. The third kappa shape index (κ3) is 58.7. The second-order valence-corrected chi connectivity index (χ2v) is 1.66. The van der Waals surface area contributed by atoms with Gasteiger partial charge in [-0.25, -0.2) is 4.79 Å². The van der Waals surface area contributed by atoms with E-state index in [9.17, 15) is 4.79 Å². The first-order chi connectivity index (χ1) is 6.04. The minimum atomic E-state index is -1.33. The zero-order chi connectivity index (χ0) is 11.3. The molecule has 3 N–H and O–H groups in total. The summed E-state index contributed by atoms with van der Waals surface area (Å²) < 4.78 is 4.35. The maximum Gasteiger partial charge on any atom is 0.402 e. The van der Waals surface area contributed by atoms with Gasteiger partial charge in [0.05, 0.1) is 7.11 Å². The molecule has 0 atom stereocenters. The third-order valence-corrected chi connectivity index (χ3v) is 0.682. The van der Waals surface area contributed by atoms with E-state index in [0.717, 1.165) is 6.42 Å². The van der Waals surface area contributed by atoms with Gasteiger partial charge in [-0.15, -0.1) is 0 Å². The number of rotatable bonds is 2. The summed E-state index contributed by atoms with van der Waals surface area (Å²) in [5, 5.41) is 7.19. The Bertz CT molecular complexity index is 121. The average Bonchev–Trinajstić information content (AvgIpc) is 2.07. The molecule has 0 aromatic heterocycles. The molecule has 0 aliphatic carbocycles. The Morgan fingerprint density at radius 2 is 1.69 bits per heavy atom. The lowest BCUT2D eigenvalue weighted by Crippen LogP contribution is -2.03. The molecule has 0 aromatic rings. The molecule has 0 rings (SSSR count). The highest BCUT2D eigenvalue weighted by Gasteiger charge is 1.92. The summed E-state index contributed by atoms with van der Waals surface area (Å²) in [6.07, 6.45) is 0.0726. The summed E-state index contributed by atoms with van der Waals surface area (Å²) in [5.41, 5.74) is 4.03. The quantitative estimate of drug-likeness (QED) is 0.652. The molecule has 0 aromatic carbocycles. The van der Waals surface area contributed by atoms with E-state index in [1.165, 1.54) is 7.11 Å². The van der Waals surface area contributed by atoms with Crippen molar-refractivity contribution in [3.8, 4) is 0 Å². The lowest BCUT2D eigenvalue weighted by Gasteiger charge is -1.91. The van der Waals surface area contributed by atoms with Gasteiger partial charge in [0.15, 0.2) is 0 Å². The summed E-state index contributed by atoms with van der Waals surface area (Å²) in [5.74, 6) is -0.123. The molecule has 13 heavy (non-hydrogen) atoms. The maximum absolute atomic E-state index is 10.2. The molecule has 0 spiro atoms. The van der Waals surface area contributed by atoms with Crippen molar-refractivity contribution < 1.29 is 19.4 Å². The number of nitrogens with two attached hydrogens (primary N) is 1. The minimum absolute atomic E-state index is 0.123. The second kappa shape index (κ2) is 17.0. The Hall–Kier alpha value is -1.26. The van der Waals surface area contributed by atoms with Crippen LogP contribution in [0.3, 0.4) is 0 Å². The van der Waals surface area contributed by atoms with Gasteiger partial charge in [0.2, 0.25) is 0 Å². The molecule has 0 saturated carbocycles. The normalized spacial score (nSPS) is 6.77. The number of hydrogen-bond donors (Lipinski definition) is 2. The molecule has 80 valence electrons. The van der Waals surface area contributed by atoms with E-state index in [4.69, 9.17) is 9.90 Å². The number of ether oxygens (including phenoxy) is 1. The minimum Gasteiger partial charge on any atom is -0.469 e. The van der Waals surface area contributed by atoms with Crippen LogP contribution in [0.2, 0.25) is 0 Å². The van der Waals surface area contributed by atoms with Gasteiger partial charge in [0, 0.05) is 6.42 Å². The Kier molecular flexibility index (Phi) is 23.2. The molecule has 0 radical (unpaired) electrons. The molecule has 0 unspecified atom stereocenters. The molecule has 0 aliphatic rings. The van der Waals surface area contributed by atoms with Crippen molar-refractivity contribution in [1.82, 2.24) is 0 Å². The van der Waals surface area contributed by atoms with E-state index in [-0.39, 0.29) is 5.97 Å². The fourth-order valence-corrected chi connectivity index (χ4v) is 0.306. The second-order valence-electron chi connectivity index (χ2n) is 1.66. The lowest BCUT2D eigenvalue weighted by atomic mass is 10.3. The molecule has 5 nitrogen and oxygen atoms in total. The summed E-state index contributed by atoms with van der Waals surface area (Å²) in [7, 11) is 1.40. The molecular weight excluding hydrogens is 174 g/mol. The zero-order valence-electron chi connectivity index (χ0n) is 8.66. The first kappa shape index (κ1) is 17.7. The Labute approximate surface area is 78.9 Å². The zero-order valence-corrected chi connectivity index (χ0v) is 8.66. The van der Waals surface area contributed by atoms with E-state index in [0.29, 0.717) is 6.42 Å². The topological polar surface area (TPSA) is 89.6 Å². The summed E-state index contributed by atoms with van der Waals surface area (Å²) in [6.45, 7) is 5.94. The van der Waals surface area contributed by atoms with Crippen molar-refractivity contribution in [2.24, 2.45) is 5.73 Å². The highest BCUT2D eigenvalue weighted by molar-refractivity contribution is 5.68. The van der Waals surface area contributed by atoms with Crippen molar-refractivity contribution >= 4 is 12.1 Å². The first-order valence-electron chi connectivity index (χ1n) is 4.09. The maximum atomic E-state index is 10.2. The van der Waals surface area contributed by atoms with Crippen LogP contribution in [0.5, 0.6) is 0 Å². The third-order valence-electron chi connectivity index (χ3n) is 0.682. The number of primary amides is 1. The summed E-state index contributed by atoms with van der Waals surface area (Å²) in [4.78, 5) is 19.0. The van der Waals surface area contributed by atoms with Crippen LogP contribution in [0.4, 0.5) is 4.79 Å². The first-order valence-corrected chi connectivity index (χ1v) is 4.09. The average molecular weight is 193 g/mol. The van der Waals surface area contributed by atoms with Gasteiger partial charge < -0.3 is 15.6 Å². The largest absolute Gasteiger partial charge is 0.469 e. The standard InChI is InChI=1S/C5H10O2.C2H6.CH3NO2/c1-3-4-5(6)7-2;1-2;2-1(3)4/h3-4H2,1-2H3;1-2H3;2H2,(H,3,4). The van der Waals surface area contributed by atoms with Crippen molar-refractivity contribution in [3.05, 3.63) is 0 Å². The Balaban J connectivity index is -0.000000142. The van der Waals surface area contributed by atoms with Gasteiger partial charge in [-0.3, -0.25) is 4.79 Å². The van der Waals surface area contributed by atoms with Gasteiger partial charge in [0.25, 0.3) is 0 Å². The molecule has 0 aliphatic heterocycles. The number of methoxy groups -OCH3 is 1. The molecule has 1 amide bonds. The van der Waals surface area contributed by atoms with Crippen LogP contribution in [0.25, 0.3) is 0 Å². The Morgan fingerprint density at radius 1 is 1.38 bits per heavy atom. The van der Waals surface area contributed by atoms with E-state index in [1.807, 2.05) is 20.8 Å². The van der Waals surface area contributed by atoms with Crippen LogP contribution >= 0.6 is 0 Å². The molecular formula is C8H19NO4. The monoisotopic (exact) mass is 193 g/mol. The van der Waals surface area contributed by atoms with Crippen molar-refractivity contribution in [2.45, 2.75) is 33.6 Å². The van der Waals surface area contributed by atoms with Gasteiger partial charge in [0.1, 0.15) is 0 Å². The predicted molar refractivity (Wildman–Crippen MR) is 50.5 cm³/mol. The summed E-state index contributed by atoms with van der Waals surface area (Å²) in [6, 6.07) is 0. The van der Waals surface area contributed by atoms with Crippen LogP contribution in [-0.2, 0) is 9.53 Å². The van der Waals surface area contributed by atoms with Crippen LogP contribution < -0.4 is 5.73 Å². The molecule has 5 heteroatoms. The molecule has 0 heterocycles. The van der Waals surface area contributed by atoms with E-state index >= 15 is 0 Å². The molecule has 0 saturated heterocycles. The highest BCUT2D eigenvalue weighted by atomic mass is 16.5. The Morgan fingerprint density at radius 3 is 1.77 bits per heavy atom. The fourth-order valence-electron chi connectivity index (χ4n) is 0.306. The SMILES string of the molecule is CC.CCCC(=O)OC.NC(=O)O. The van der Waals surface area contributed by atoms with Crippen LogP contribution in [0.1, 0.15) is 33.6 Å². The van der Waals surface area contributed by atoms with Crippen molar-refractivity contribution in [3.63, 3.8) is 0 Å². The van der Waals surface area contributed by atoms with Gasteiger partial charge in [-0.1, -0.05) is 20.8 Å².